The van der Waals surface area contributed by atoms with Gasteiger partial charge in [-0.2, -0.15) is 0 Å². The first-order valence-corrected chi connectivity index (χ1v) is 7.10. The molecule has 2 unspecified atom stereocenters. The first-order chi connectivity index (χ1) is 10.1. The summed E-state index contributed by atoms with van der Waals surface area (Å²) in [5.41, 5.74) is 2.01. The number of carbonyl (C=O) groups is 2. The molecule has 0 aliphatic carbocycles. The maximum atomic E-state index is 12.7. The lowest BCUT2D eigenvalue weighted by molar-refractivity contribution is -0.149. The van der Waals surface area contributed by atoms with Crippen LogP contribution in [-0.4, -0.2) is 52.2 Å². The first-order valence-electron chi connectivity index (χ1n) is 7.10. The Hall–Kier alpha value is -1.92. The monoisotopic (exact) mass is 290 g/mol. The number of aliphatic hydroxyl groups is 1. The van der Waals surface area contributed by atoms with E-state index in [0.29, 0.717) is 6.54 Å². The van der Waals surface area contributed by atoms with Crippen LogP contribution < -0.4 is 5.32 Å². The van der Waals surface area contributed by atoms with E-state index in [4.69, 9.17) is 0 Å². The minimum Gasteiger partial charge on any atom is -0.480 e. The molecule has 6 heteroatoms. The predicted molar refractivity (Wildman–Crippen MR) is 74.7 cm³/mol. The van der Waals surface area contributed by atoms with Gasteiger partial charge in [0.1, 0.15) is 12.1 Å². The van der Waals surface area contributed by atoms with E-state index in [2.05, 4.69) is 5.32 Å². The molecule has 0 radical (unpaired) electrons. The topological polar surface area (TPSA) is 89.9 Å². The summed E-state index contributed by atoms with van der Waals surface area (Å²) in [5.74, 6) is -1.34. The summed E-state index contributed by atoms with van der Waals surface area (Å²) in [6.07, 6.45) is 0.175. The fourth-order valence-electron chi connectivity index (χ4n) is 3.18. The van der Waals surface area contributed by atoms with Gasteiger partial charge >= 0.3 is 5.97 Å². The van der Waals surface area contributed by atoms with E-state index in [1.165, 1.54) is 4.90 Å². The molecular weight excluding hydrogens is 272 g/mol. The number of aliphatic carboxylic acids is 1. The first kappa shape index (κ1) is 14.0. The van der Waals surface area contributed by atoms with Crippen molar-refractivity contribution in [2.45, 2.75) is 31.0 Å². The average Bonchev–Trinajstić information content (AvgIpc) is 2.88. The zero-order valence-corrected chi connectivity index (χ0v) is 11.5. The Morgan fingerprint density at radius 1 is 1.29 bits per heavy atom. The van der Waals surface area contributed by atoms with Gasteiger partial charge in [0.25, 0.3) is 0 Å². The van der Waals surface area contributed by atoms with Gasteiger partial charge in [-0.3, -0.25) is 4.79 Å². The van der Waals surface area contributed by atoms with Crippen molar-refractivity contribution in [3.8, 4) is 0 Å². The predicted octanol–water partition coefficient (Wildman–Crippen LogP) is -0.0802. The Balaban J connectivity index is 1.87. The van der Waals surface area contributed by atoms with Crippen LogP contribution in [0.2, 0.25) is 0 Å². The number of carboxylic acids is 1. The highest BCUT2D eigenvalue weighted by Gasteiger charge is 2.42. The van der Waals surface area contributed by atoms with Gasteiger partial charge in [-0.1, -0.05) is 24.3 Å². The maximum Gasteiger partial charge on any atom is 0.326 e. The summed E-state index contributed by atoms with van der Waals surface area (Å²) >= 11 is 0. The normalized spacial score (nSPS) is 28.2. The van der Waals surface area contributed by atoms with Crippen LogP contribution in [0.25, 0.3) is 0 Å². The van der Waals surface area contributed by atoms with E-state index in [1.54, 1.807) is 0 Å². The number of fused-ring (bicyclic) bond motifs is 1. The summed E-state index contributed by atoms with van der Waals surface area (Å²) in [6, 6.07) is 6.23. The Kier molecular flexibility index (Phi) is 3.65. The molecule has 6 nitrogen and oxygen atoms in total. The number of amides is 1. The molecule has 21 heavy (non-hydrogen) atoms. The van der Waals surface area contributed by atoms with E-state index in [1.807, 2.05) is 24.3 Å². The van der Waals surface area contributed by atoms with Gasteiger partial charge in [0.2, 0.25) is 5.91 Å². The fraction of sp³-hybridized carbons (Fsp3) is 0.467. The third kappa shape index (κ3) is 2.52. The number of aliphatic hydroxyl groups excluding tert-OH is 1. The molecule has 3 rings (SSSR count). The molecule has 1 amide bonds. The molecule has 0 spiro atoms. The molecule has 2 aliphatic heterocycles. The number of rotatable bonds is 2. The number of β-amino-alcohol motifs (C(OH)–C–C–N with tert-alkyl or cyclic N) is 1. The summed E-state index contributed by atoms with van der Waals surface area (Å²) in [4.78, 5) is 25.3. The van der Waals surface area contributed by atoms with Crippen molar-refractivity contribution in [2.75, 3.05) is 13.1 Å². The molecule has 0 aromatic heterocycles. The molecule has 3 atom stereocenters. The lowest BCUT2D eigenvalue weighted by Gasteiger charge is -2.31. The van der Waals surface area contributed by atoms with Crippen LogP contribution in [-0.2, 0) is 16.0 Å². The second-order valence-electron chi connectivity index (χ2n) is 5.57. The van der Waals surface area contributed by atoms with Gasteiger partial charge in [0.15, 0.2) is 0 Å². The molecule has 112 valence electrons. The maximum absolute atomic E-state index is 12.7. The molecule has 1 fully saturated rings. The molecule has 0 saturated carbocycles. The second-order valence-corrected chi connectivity index (χ2v) is 5.57. The third-order valence-electron chi connectivity index (χ3n) is 4.20. The summed E-state index contributed by atoms with van der Waals surface area (Å²) in [5, 5.41) is 22.1. The minimum atomic E-state index is -1.07. The Labute approximate surface area is 122 Å². The van der Waals surface area contributed by atoms with Gasteiger partial charge in [-0.15, -0.1) is 0 Å². The highest BCUT2D eigenvalue weighted by atomic mass is 16.4. The second kappa shape index (κ2) is 5.46. The Morgan fingerprint density at radius 3 is 2.81 bits per heavy atom. The van der Waals surface area contributed by atoms with Crippen LogP contribution in [0.15, 0.2) is 24.3 Å². The molecule has 0 bridgehead atoms. The summed E-state index contributed by atoms with van der Waals surface area (Å²) in [6.45, 7) is 0.762. The molecule has 2 aliphatic rings. The van der Waals surface area contributed by atoms with Crippen LogP contribution in [0, 0.1) is 0 Å². The average molecular weight is 290 g/mol. The van der Waals surface area contributed by atoms with Gasteiger partial charge < -0.3 is 20.4 Å². The number of carbonyl (C=O) groups excluding carboxylic acids is 1. The van der Waals surface area contributed by atoms with Crippen molar-refractivity contribution in [3.63, 3.8) is 0 Å². The van der Waals surface area contributed by atoms with Crippen molar-refractivity contribution in [3.05, 3.63) is 35.4 Å². The number of carboxylic acid groups (broad SMARTS) is 1. The number of likely N-dealkylation sites (tertiary alicyclic amines) is 1. The van der Waals surface area contributed by atoms with Gasteiger partial charge in [-0.05, 0) is 17.5 Å². The van der Waals surface area contributed by atoms with Crippen molar-refractivity contribution < 1.29 is 19.8 Å². The van der Waals surface area contributed by atoms with Gasteiger partial charge in [0.05, 0.1) is 6.10 Å². The van der Waals surface area contributed by atoms with Crippen LogP contribution >= 0.6 is 0 Å². The molecule has 2 heterocycles. The standard InChI is InChI=1S/C15H18N2O4/c18-10-7-12(15(20)21)17(8-10)14(19)13-11-4-2-1-3-9(11)5-6-16-13/h1-4,10,12-13,16,18H,5-8H2,(H,20,21)/t10?,12-,13?/m0/s1. The quantitative estimate of drug-likeness (QED) is 0.709. The molecule has 1 aromatic rings. The molecule has 1 saturated heterocycles. The van der Waals surface area contributed by atoms with E-state index in [-0.39, 0.29) is 18.9 Å². The zero-order valence-electron chi connectivity index (χ0n) is 11.5. The number of nitrogens with one attached hydrogen (secondary N) is 1. The largest absolute Gasteiger partial charge is 0.480 e. The third-order valence-corrected chi connectivity index (χ3v) is 4.20. The van der Waals surface area contributed by atoms with Crippen LogP contribution in [0.4, 0.5) is 0 Å². The summed E-state index contributed by atoms with van der Waals surface area (Å²) < 4.78 is 0. The molecule has 1 aromatic carbocycles. The highest BCUT2D eigenvalue weighted by Crippen LogP contribution is 2.28. The van der Waals surface area contributed by atoms with E-state index >= 15 is 0 Å². The van der Waals surface area contributed by atoms with Crippen molar-refractivity contribution in [1.29, 1.82) is 0 Å². The lowest BCUT2D eigenvalue weighted by Crippen LogP contribution is -2.48. The van der Waals surface area contributed by atoms with Crippen molar-refractivity contribution >= 4 is 11.9 Å². The Bertz CT molecular complexity index is 575. The summed E-state index contributed by atoms with van der Waals surface area (Å²) in [7, 11) is 0. The highest BCUT2D eigenvalue weighted by molar-refractivity contribution is 5.89. The molecular formula is C15H18N2O4. The number of nitrogens with zero attached hydrogens (tertiary/aromatic N) is 1. The number of hydrogen-bond donors (Lipinski definition) is 3. The fourth-order valence-corrected chi connectivity index (χ4v) is 3.18. The van der Waals surface area contributed by atoms with Crippen molar-refractivity contribution in [2.24, 2.45) is 0 Å². The molecule has 3 N–H and O–H groups in total. The number of hydrogen-bond acceptors (Lipinski definition) is 4. The van der Waals surface area contributed by atoms with Gasteiger partial charge in [-0.25, -0.2) is 4.79 Å². The van der Waals surface area contributed by atoms with E-state index < -0.39 is 24.2 Å². The van der Waals surface area contributed by atoms with Crippen LogP contribution in [0.5, 0.6) is 0 Å². The lowest BCUT2D eigenvalue weighted by atomic mass is 9.93. The number of benzene rings is 1. The van der Waals surface area contributed by atoms with E-state index in [9.17, 15) is 19.8 Å². The smallest absolute Gasteiger partial charge is 0.326 e. The van der Waals surface area contributed by atoms with Crippen molar-refractivity contribution in [1.82, 2.24) is 10.2 Å². The zero-order chi connectivity index (χ0) is 15.0. The Morgan fingerprint density at radius 2 is 2.05 bits per heavy atom. The SMILES string of the molecule is O=C(O)[C@@H]1CC(O)CN1C(=O)C1NCCc2ccccc21. The van der Waals surface area contributed by atoms with E-state index in [0.717, 1.165) is 17.5 Å². The minimum absolute atomic E-state index is 0.0795. The van der Waals surface area contributed by atoms with Crippen LogP contribution in [0.1, 0.15) is 23.6 Å². The van der Waals surface area contributed by atoms with Gasteiger partial charge in [0, 0.05) is 19.5 Å². The van der Waals surface area contributed by atoms with Crippen LogP contribution in [0.3, 0.4) is 0 Å².